The van der Waals surface area contributed by atoms with Crippen molar-refractivity contribution in [3.05, 3.63) is 69.9 Å². The maximum absolute atomic E-state index is 4.12. The Kier molecular flexibility index (Phi) is 21.8. The molecule has 2 heteroatoms. The third kappa shape index (κ3) is 13.7. The van der Waals surface area contributed by atoms with Crippen LogP contribution in [0.1, 0.15) is 229 Å². The average molecular weight is 783 g/mol. The molecule has 0 spiro atoms. The van der Waals surface area contributed by atoms with E-state index in [-0.39, 0.29) is 5.41 Å². The van der Waals surface area contributed by atoms with E-state index in [0.717, 1.165) is 31.7 Å². The van der Waals surface area contributed by atoms with E-state index in [4.69, 9.17) is 0 Å². The van der Waals surface area contributed by atoms with Gasteiger partial charge in [0.05, 0.1) is 0 Å². The Balaban J connectivity index is 2.02. The normalized spacial score (nSPS) is 20.4. The van der Waals surface area contributed by atoms with Crippen LogP contribution < -0.4 is 5.43 Å². The number of hydrazine groups is 1. The highest BCUT2D eigenvalue weighted by atomic mass is 15.5. The fourth-order valence-corrected chi connectivity index (χ4v) is 11.8. The van der Waals surface area contributed by atoms with E-state index in [9.17, 15) is 0 Å². The van der Waals surface area contributed by atoms with Gasteiger partial charge in [-0.25, -0.2) is 5.01 Å². The number of nitrogens with one attached hydrogen (secondary N) is 1. The van der Waals surface area contributed by atoms with E-state index in [1.165, 1.54) is 148 Å². The van der Waals surface area contributed by atoms with Crippen molar-refractivity contribution in [2.24, 2.45) is 29.1 Å². The summed E-state index contributed by atoms with van der Waals surface area (Å²) in [4.78, 5) is 0. The molecular formula is C55H94N2. The SMILES string of the molecule is CCCCCCCCC1=C(C(C)(C(C2=C(CCCC)C=CC2)C2=C(CC3CCCCC3)C=CC2)C(CCCCCC)C(CC(C)C)N(NCCC)C(C)C)CC=C1. The molecule has 4 aliphatic rings. The molecule has 1 saturated carbocycles. The van der Waals surface area contributed by atoms with Crippen LogP contribution in [0.3, 0.4) is 0 Å². The lowest BCUT2D eigenvalue weighted by atomic mass is 9.53. The number of rotatable bonds is 30. The van der Waals surface area contributed by atoms with Gasteiger partial charge in [0, 0.05) is 30.0 Å². The Hall–Kier alpha value is -1.64. The van der Waals surface area contributed by atoms with Gasteiger partial charge in [-0.1, -0.05) is 198 Å². The zero-order chi connectivity index (χ0) is 41.0. The van der Waals surface area contributed by atoms with Gasteiger partial charge in [-0.05, 0) is 119 Å². The van der Waals surface area contributed by atoms with Crippen LogP contribution in [0.5, 0.6) is 0 Å². The van der Waals surface area contributed by atoms with Gasteiger partial charge in [0.1, 0.15) is 0 Å². The Bertz CT molecular complexity index is 1340. The molecule has 0 aromatic carbocycles. The molecule has 0 amide bonds. The minimum absolute atomic E-state index is 0.0197. The first kappa shape index (κ1) is 48.0. The summed E-state index contributed by atoms with van der Waals surface area (Å²) in [6.45, 7) is 23.4. The van der Waals surface area contributed by atoms with Crippen molar-refractivity contribution in [1.82, 2.24) is 10.4 Å². The zero-order valence-corrected chi connectivity index (χ0v) is 39.5. The highest BCUT2D eigenvalue weighted by Gasteiger charge is 2.52. The third-order valence-electron chi connectivity index (χ3n) is 14.7. The average Bonchev–Trinajstić information content (AvgIpc) is 3.98. The van der Waals surface area contributed by atoms with Crippen LogP contribution in [0, 0.1) is 29.1 Å². The van der Waals surface area contributed by atoms with E-state index in [0.29, 0.717) is 29.8 Å². The largest absolute Gasteiger partial charge is 0.255 e. The molecular weight excluding hydrogens is 689 g/mol. The Labute approximate surface area is 356 Å². The van der Waals surface area contributed by atoms with Gasteiger partial charge in [0.2, 0.25) is 0 Å². The standard InChI is InChI=1S/C55H94N2/c1-10-14-17-19-20-24-32-47-34-28-39-51(47)55(9,52(38-25-18-15-11-2)53(41-43(5)6)57(44(7)8)56-40-13-4)54(49-36-26-33-46(49)31-16-12-3)50-37-27-35-48(50)42-45-29-22-21-23-30-45/h26-28,33-35,43-45,52-54,56H,10-25,29-32,36-42H2,1-9H3. The first-order valence-corrected chi connectivity index (χ1v) is 25.4. The molecule has 0 radical (unpaired) electrons. The Morgan fingerprint density at radius 1 is 0.649 bits per heavy atom. The smallest absolute Gasteiger partial charge is 0.0285 e. The van der Waals surface area contributed by atoms with Gasteiger partial charge in [-0.2, -0.15) is 0 Å². The molecule has 1 N–H and O–H groups in total. The molecule has 0 bridgehead atoms. The van der Waals surface area contributed by atoms with Gasteiger partial charge in [0.15, 0.2) is 0 Å². The van der Waals surface area contributed by atoms with Crippen LogP contribution in [0.2, 0.25) is 0 Å². The molecule has 0 aromatic rings. The van der Waals surface area contributed by atoms with Crippen LogP contribution in [-0.4, -0.2) is 23.6 Å². The molecule has 0 heterocycles. The molecule has 4 atom stereocenters. The fraction of sp³-hybridized carbons (Fsp3) is 0.782. The highest BCUT2D eigenvalue weighted by Crippen LogP contribution is 2.60. The molecule has 324 valence electrons. The number of nitrogens with zero attached hydrogens (tertiary/aromatic N) is 1. The number of hydrogen-bond donors (Lipinski definition) is 1. The predicted molar refractivity (Wildman–Crippen MR) is 253 cm³/mol. The number of unbranched alkanes of at least 4 members (excludes halogenated alkanes) is 9. The van der Waals surface area contributed by atoms with Crippen LogP contribution >= 0.6 is 0 Å². The van der Waals surface area contributed by atoms with Gasteiger partial charge in [-0.15, -0.1) is 0 Å². The highest BCUT2D eigenvalue weighted by molar-refractivity contribution is 5.50. The summed E-state index contributed by atoms with van der Waals surface area (Å²) >= 11 is 0. The molecule has 2 nitrogen and oxygen atoms in total. The molecule has 4 unspecified atom stereocenters. The Morgan fingerprint density at radius 3 is 1.88 bits per heavy atom. The van der Waals surface area contributed by atoms with Gasteiger partial charge >= 0.3 is 0 Å². The van der Waals surface area contributed by atoms with Crippen molar-refractivity contribution < 1.29 is 0 Å². The summed E-state index contributed by atoms with van der Waals surface area (Å²) in [6, 6.07) is 0.918. The van der Waals surface area contributed by atoms with Gasteiger partial charge in [0.25, 0.3) is 0 Å². The third-order valence-corrected chi connectivity index (χ3v) is 14.7. The van der Waals surface area contributed by atoms with Crippen molar-refractivity contribution in [2.75, 3.05) is 6.54 Å². The summed E-state index contributed by atoms with van der Waals surface area (Å²) in [5.41, 5.74) is 14.8. The van der Waals surface area contributed by atoms with Crippen molar-refractivity contribution >= 4 is 0 Å². The van der Waals surface area contributed by atoms with Crippen LogP contribution in [-0.2, 0) is 0 Å². The molecule has 57 heavy (non-hydrogen) atoms. The molecule has 4 rings (SSSR count). The lowest BCUT2D eigenvalue weighted by molar-refractivity contribution is -0.0140. The lowest BCUT2D eigenvalue weighted by Crippen LogP contribution is -2.58. The van der Waals surface area contributed by atoms with Crippen molar-refractivity contribution in [1.29, 1.82) is 0 Å². The van der Waals surface area contributed by atoms with E-state index >= 15 is 0 Å². The Morgan fingerprint density at radius 2 is 1.23 bits per heavy atom. The maximum Gasteiger partial charge on any atom is 0.0285 e. The number of allylic oxidation sites excluding steroid dienone is 12. The molecule has 1 fully saturated rings. The second-order valence-corrected chi connectivity index (χ2v) is 20.0. The second-order valence-electron chi connectivity index (χ2n) is 20.0. The van der Waals surface area contributed by atoms with Crippen LogP contribution in [0.25, 0.3) is 0 Å². The summed E-state index contributed by atoms with van der Waals surface area (Å²) in [7, 11) is 0. The zero-order valence-electron chi connectivity index (χ0n) is 39.5. The van der Waals surface area contributed by atoms with E-state index in [1.807, 2.05) is 16.7 Å². The minimum atomic E-state index is 0.0197. The van der Waals surface area contributed by atoms with Gasteiger partial charge in [-0.3, -0.25) is 5.43 Å². The van der Waals surface area contributed by atoms with Crippen molar-refractivity contribution in [2.45, 2.75) is 241 Å². The topological polar surface area (TPSA) is 15.3 Å². The fourth-order valence-electron chi connectivity index (χ4n) is 11.8. The quantitative estimate of drug-likeness (QED) is 0.0577. The second kappa shape index (κ2) is 25.9. The lowest BCUT2D eigenvalue weighted by Gasteiger charge is -2.54. The first-order chi connectivity index (χ1) is 27.7. The minimum Gasteiger partial charge on any atom is -0.255 e. The molecule has 4 aliphatic carbocycles. The molecule has 0 aromatic heterocycles. The summed E-state index contributed by atoms with van der Waals surface area (Å²) in [5, 5.41) is 2.81. The van der Waals surface area contributed by atoms with Crippen molar-refractivity contribution in [3.8, 4) is 0 Å². The number of hydrogen-bond acceptors (Lipinski definition) is 2. The predicted octanol–water partition coefficient (Wildman–Crippen LogP) is 16.9. The summed E-state index contributed by atoms with van der Waals surface area (Å²) in [5.74, 6) is 2.50. The van der Waals surface area contributed by atoms with E-state index in [2.05, 4.69) is 109 Å². The summed E-state index contributed by atoms with van der Waals surface area (Å²) < 4.78 is 0. The van der Waals surface area contributed by atoms with Crippen LogP contribution in [0.15, 0.2) is 69.9 Å². The molecule has 0 aliphatic heterocycles. The monoisotopic (exact) mass is 783 g/mol. The van der Waals surface area contributed by atoms with Crippen LogP contribution in [0.4, 0.5) is 0 Å². The first-order valence-electron chi connectivity index (χ1n) is 25.4. The van der Waals surface area contributed by atoms with E-state index in [1.54, 1.807) is 16.7 Å². The molecule has 0 saturated heterocycles. The van der Waals surface area contributed by atoms with E-state index < -0.39 is 0 Å². The van der Waals surface area contributed by atoms with Gasteiger partial charge < -0.3 is 0 Å². The maximum atomic E-state index is 4.12. The summed E-state index contributed by atoms with van der Waals surface area (Å²) in [6.07, 6.45) is 49.9. The van der Waals surface area contributed by atoms with Crippen molar-refractivity contribution in [3.63, 3.8) is 0 Å².